The van der Waals surface area contributed by atoms with Crippen molar-refractivity contribution in [2.45, 2.75) is 37.5 Å². The van der Waals surface area contributed by atoms with Gasteiger partial charge in [0, 0.05) is 43.2 Å². The predicted octanol–water partition coefficient (Wildman–Crippen LogP) is 3.83. The maximum absolute atomic E-state index is 13.3. The molecule has 8 nitrogen and oxygen atoms in total. The lowest BCUT2D eigenvalue weighted by Gasteiger charge is -2.32. The van der Waals surface area contributed by atoms with Gasteiger partial charge in [0.25, 0.3) is 11.6 Å². The van der Waals surface area contributed by atoms with E-state index in [1.165, 1.54) is 12.1 Å². The minimum atomic E-state index is -3.34. The standard InChI is InChI=1S/C23H27N3O5S/c1-16-9-12-24(13-10-16)21-7-5-18(15-22(21)26(28)29)23(27)25-11-3-4-17-14-19(32(2,30)31)6-8-20(17)25/h5-8,14-16H,3-4,9-13H2,1-2H3. The summed E-state index contributed by atoms with van der Waals surface area (Å²) < 4.78 is 23.8. The molecule has 2 aromatic rings. The summed E-state index contributed by atoms with van der Waals surface area (Å²) in [7, 11) is -3.34. The number of nitro benzene ring substituents is 1. The van der Waals surface area contributed by atoms with Crippen LogP contribution in [0.1, 0.15) is 42.1 Å². The first-order valence-electron chi connectivity index (χ1n) is 10.8. The minimum Gasteiger partial charge on any atom is -0.366 e. The van der Waals surface area contributed by atoms with Gasteiger partial charge < -0.3 is 9.80 Å². The van der Waals surface area contributed by atoms with Gasteiger partial charge in [-0.2, -0.15) is 0 Å². The fourth-order valence-electron chi connectivity index (χ4n) is 4.49. The Morgan fingerprint density at radius 3 is 2.41 bits per heavy atom. The zero-order valence-electron chi connectivity index (χ0n) is 18.3. The van der Waals surface area contributed by atoms with Crippen LogP contribution in [0.5, 0.6) is 0 Å². The van der Waals surface area contributed by atoms with Gasteiger partial charge in [-0.05, 0) is 67.5 Å². The van der Waals surface area contributed by atoms with E-state index in [0.29, 0.717) is 36.7 Å². The fraction of sp³-hybridized carbons (Fsp3) is 0.435. The molecule has 2 heterocycles. The molecule has 170 valence electrons. The number of benzene rings is 2. The summed E-state index contributed by atoms with van der Waals surface area (Å²) in [5.74, 6) is 0.286. The molecule has 0 aromatic heterocycles. The summed E-state index contributed by atoms with van der Waals surface area (Å²) in [6, 6.07) is 9.48. The highest BCUT2D eigenvalue weighted by Crippen LogP contribution is 2.35. The highest BCUT2D eigenvalue weighted by molar-refractivity contribution is 7.90. The number of amides is 1. The quantitative estimate of drug-likeness (QED) is 0.511. The van der Waals surface area contributed by atoms with Gasteiger partial charge in [0.2, 0.25) is 0 Å². The van der Waals surface area contributed by atoms with E-state index in [1.807, 2.05) is 4.90 Å². The van der Waals surface area contributed by atoms with Gasteiger partial charge in [-0.1, -0.05) is 6.92 Å². The first-order chi connectivity index (χ1) is 15.1. The molecule has 9 heteroatoms. The first kappa shape index (κ1) is 22.3. The second-order valence-corrected chi connectivity index (χ2v) is 10.8. The third kappa shape index (κ3) is 4.34. The van der Waals surface area contributed by atoms with Crippen molar-refractivity contribution in [3.8, 4) is 0 Å². The van der Waals surface area contributed by atoms with E-state index in [9.17, 15) is 23.3 Å². The number of fused-ring (bicyclic) bond motifs is 1. The second kappa shape index (κ2) is 8.54. The number of piperidine rings is 1. The number of aryl methyl sites for hydroxylation is 1. The Labute approximate surface area is 187 Å². The van der Waals surface area contributed by atoms with Crippen LogP contribution in [-0.4, -0.2) is 45.1 Å². The highest BCUT2D eigenvalue weighted by Gasteiger charge is 2.28. The molecule has 0 saturated carbocycles. The summed E-state index contributed by atoms with van der Waals surface area (Å²) in [6.07, 6.45) is 4.49. The molecule has 1 saturated heterocycles. The number of hydrogen-bond acceptors (Lipinski definition) is 6. The van der Waals surface area contributed by atoms with Crippen molar-refractivity contribution in [1.29, 1.82) is 0 Å². The molecule has 2 aliphatic rings. The van der Waals surface area contributed by atoms with Gasteiger partial charge in [0.1, 0.15) is 5.69 Å². The summed E-state index contributed by atoms with van der Waals surface area (Å²) in [4.78, 5) is 28.5. The average Bonchev–Trinajstić information content (AvgIpc) is 2.77. The lowest BCUT2D eigenvalue weighted by atomic mass is 9.98. The SMILES string of the molecule is CC1CCN(c2ccc(C(=O)N3CCCc4cc(S(C)(=O)=O)ccc43)cc2[N+](=O)[O-])CC1. The number of sulfone groups is 1. The van der Waals surface area contributed by atoms with Gasteiger partial charge in [-0.15, -0.1) is 0 Å². The number of nitrogens with zero attached hydrogens (tertiary/aromatic N) is 3. The number of carbonyl (C=O) groups excluding carboxylic acids is 1. The van der Waals surface area contributed by atoms with Gasteiger partial charge in [0.15, 0.2) is 9.84 Å². The van der Waals surface area contributed by atoms with E-state index in [2.05, 4.69) is 6.92 Å². The summed E-state index contributed by atoms with van der Waals surface area (Å²) >= 11 is 0. The zero-order valence-corrected chi connectivity index (χ0v) is 19.1. The maximum Gasteiger partial charge on any atom is 0.293 e. The largest absolute Gasteiger partial charge is 0.366 e. The Morgan fingerprint density at radius 2 is 1.75 bits per heavy atom. The number of carbonyl (C=O) groups is 1. The molecule has 1 amide bonds. The van der Waals surface area contributed by atoms with Crippen molar-refractivity contribution in [3.63, 3.8) is 0 Å². The third-order valence-electron chi connectivity index (χ3n) is 6.39. The average molecular weight is 458 g/mol. The topological polar surface area (TPSA) is 101 Å². The maximum atomic E-state index is 13.3. The summed E-state index contributed by atoms with van der Waals surface area (Å²) in [6.45, 7) is 4.18. The molecule has 1 fully saturated rings. The molecular formula is C23H27N3O5S. The van der Waals surface area contributed by atoms with E-state index in [-0.39, 0.29) is 22.1 Å². The number of hydrogen-bond donors (Lipinski definition) is 0. The van der Waals surface area contributed by atoms with Crippen LogP contribution >= 0.6 is 0 Å². The van der Waals surface area contributed by atoms with Crippen molar-refractivity contribution >= 4 is 32.8 Å². The molecule has 0 radical (unpaired) electrons. The van der Waals surface area contributed by atoms with Crippen molar-refractivity contribution in [2.24, 2.45) is 5.92 Å². The smallest absolute Gasteiger partial charge is 0.293 e. The van der Waals surface area contributed by atoms with Crippen LogP contribution in [0.4, 0.5) is 17.1 Å². The van der Waals surface area contributed by atoms with Crippen molar-refractivity contribution in [2.75, 3.05) is 35.7 Å². The molecule has 0 unspecified atom stereocenters. The van der Waals surface area contributed by atoms with Crippen LogP contribution in [0.25, 0.3) is 0 Å². The van der Waals surface area contributed by atoms with E-state index >= 15 is 0 Å². The highest BCUT2D eigenvalue weighted by atomic mass is 32.2. The molecule has 2 aliphatic heterocycles. The molecule has 2 aromatic carbocycles. The van der Waals surface area contributed by atoms with E-state index in [4.69, 9.17) is 0 Å². The molecule has 0 bridgehead atoms. The van der Waals surface area contributed by atoms with Crippen LogP contribution in [0, 0.1) is 16.0 Å². The molecule has 0 spiro atoms. The molecule has 0 N–H and O–H groups in total. The number of rotatable bonds is 4. The Hall–Kier alpha value is -2.94. The van der Waals surface area contributed by atoms with Crippen LogP contribution < -0.4 is 9.80 Å². The minimum absolute atomic E-state index is 0.0601. The van der Waals surface area contributed by atoms with Gasteiger partial charge >= 0.3 is 0 Å². The normalized spacial score (nSPS) is 17.2. The van der Waals surface area contributed by atoms with Crippen LogP contribution in [0.2, 0.25) is 0 Å². The molecular weight excluding hydrogens is 430 g/mol. The van der Waals surface area contributed by atoms with Gasteiger partial charge in [0.05, 0.1) is 9.82 Å². The Bertz CT molecular complexity index is 1170. The van der Waals surface area contributed by atoms with Crippen molar-refractivity contribution in [3.05, 3.63) is 57.6 Å². The molecule has 0 atom stereocenters. The molecule has 0 aliphatic carbocycles. The monoisotopic (exact) mass is 457 g/mol. The van der Waals surface area contributed by atoms with Crippen LogP contribution in [0.3, 0.4) is 0 Å². The van der Waals surface area contributed by atoms with Crippen LogP contribution in [-0.2, 0) is 16.3 Å². The Kier molecular flexibility index (Phi) is 5.94. The van der Waals surface area contributed by atoms with E-state index < -0.39 is 14.8 Å². The lowest BCUT2D eigenvalue weighted by Crippen LogP contribution is -2.36. The van der Waals surface area contributed by atoms with E-state index in [0.717, 1.165) is 37.8 Å². The first-order valence-corrected chi connectivity index (χ1v) is 12.7. The third-order valence-corrected chi connectivity index (χ3v) is 7.50. The molecule has 4 rings (SSSR count). The molecule has 32 heavy (non-hydrogen) atoms. The number of anilines is 2. The number of nitro groups is 1. The van der Waals surface area contributed by atoms with Gasteiger partial charge in [-0.25, -0.2) is 8.42 Å². The van der Waals surface area contributed by atoms with Gasteiger partial charge in [-0.3, -0.25) is 14.9 Å². The summed E-state index contributed by atoms with van der Waals surface area (Å²) in [5.41, 5.74) is 2.20. The Morgan fingerprint density at radius 1 is 1.06 bits per heavy atom. The predicted molar refractivity (Wildman–Crippen MR) is 123 cm³/mol. The van der Waals surface area contributed by atoms with Crippen molar-refractivity contribution in [1.82, 2.24) is 0 Å². The lowest BCUT2D eigenvalue weighted by molar-refractivity contribution is -0.384. The van der Waals surface area contributed by atoms with Crippen molar-refractivity contribution < 1.29 is 18.1 Å². The Balaban J connectivity index is 1.66. The summed E-state index contributed by atoms with van der Waals surface area (Å²) in [5, 5.41) is 11.8. The second-order valence-electron chi connectivity index (χ2n) is 8.75. The zero-order chi connectivity index (χ0) is 23.0. The fourth-order valence-corrected chi connectivity index (χ4v) is 5.16. The van der Waals surface area contributed by atoms with Crippen LogP contribution in [0.15, 0.2) is 41.3 Å². The van der Waals surface area contributed by atoms with E-state index in [1.54, 1.807) is 29.2 Å².